The molecule has 0 N–H and O–H groups in total. The van der Waals surface area contributed by atoms with Crippen molar-refractivity contribution >= 4 is 5.91 Å². The predicted molar refractivity (Wildman–Crippen MR) is 74.1 cm³/mol. The molecule has 0 aliphatic carbocycles. The summed E-state index contributed by atoms with van der Waals surface area (Å²) in [6.07, 6.45) is 3.88. The second-order valence-electron chi connectivity index (χ2n) is 4.86. The van der Waals surface area contributed by atoms with E-state index in [1.54, 1.807) is 17.2 Å². The Bertz CT molecular complexity index is 693. The molecule has 0 saturated heterocycles. The van der Waals surface area contributed by atoms with Gasteiger partial charge in [-0.05, 0) is 23.6 Å². The fraction of sp³-hybridized carbons (Fsp3) is 0.267. The van der Waals surface area contributed by atoms with Gasteiger partial charge in [-0.25, -0.2) is 9.78 Å². The third-order valence-corrected chi connectivity index (χ3v) is 3.57. The molecule has 0 atom stereocenters. The number of carbonyl (C=O) groups excluding carboxylic acids is 1. The van der Waals surface area contributed by atoms with Gasteiger partial charge in [-0.2, -0.15) is 0 Å². The molecular formula is C15H15N3O2. The van der Waals surface area contributed by atoms with Gasteiger partial charge in [0, 0.05) is 25.5 Å². The molecule has 0 fully saturated rings. The summed E-state index contributed by atoms with van der Waals surface area (Å²) in [6, 6.07) is 9.80. The lowest BCUT2D eigenvalue weighted by Crippen LogP contribution is -2.39. The summed E-state index contributed by atoms with van der Waals surface area (Å²) in [4.78, 5) is 29.2. The molecule has 2 aromatic rings. The topological polar surface area (TPSA) is 55.2 Å². The van der Waals surface area contributed by atoms with Gasteiger partial charge in [0.15, 0.2) is 0 Å². The highest BCUT2D eigenvalue weighted by Crippen LogP contribution is 2.18. The number of amides is 1. The summed E-state index contributed by atoms with van der Waals surface area (Å²) in [7, 11) is 0. The lowest BCUT2D eigenvalue weighted by atomic mass is 10.00. The molecular weight excluding hydrogens is 254 g/mol. The average Bonchev–Trinajstić information content (AvgIpc) is 2.49. The molecule has 5 nitrogen and oxygen atoms in total. The summed E-state index contributed by atoms with van der Waals surface area (Å²) >= 11 is 0. The Kier molecular flexibility index (Phi) is 3.33. The molecule has 0 radical (unpaired) electrons. The molecule has 0 saturated carbocycles. The van der Waals surface area contributed by atoms with Crippen molar-refractivity contribution in [2.45, 2.75) is 19.5 Å². The van der Waals surface area contributed by atoms with Crippen molar-refractivity contribution in [2.75, 3.05) is 6.54 Å². The van der Waals surface area contributed by atoms with Crippen LogP contribution >= 0.6 is 0 Å². The minimum absolute atomic E-state index is 0.0467. The first-order chi connectivity index (χ1) is 9.74. The second kappa shape index (κ2) is 5.28. The molecule has 2 heterocycles. The second-order valence-corrected chi connectivity index (χ2v) is 4.86. The Morgan fingerprint density at radius 2 is 2.00 bits per heavy atom. The molecule has 20 heavy (non-hydrogen) atoms. The number of benzene rings is 1. The van der Waals surface area contributed by atoms with Crippen molar-refractivity contribution in [2.24, 2.45) is 0 Å². The number of aromatic nitrogens is 2. The average molecular weight is 269 g/mol. The van der Waals surface area contributed by atoms with Crippen LogP contribution in [0.25, 0.3) is 0 Å². The van der Waals surface area contributed by atoms with Gasteiger partial charge in [-0.3, -0.25) is 9.36 Å². The minimum atomic E-state index is -0.391. The van der Waals surface area contributed by atoms with Crippen LogP contribution in [-0.4, -0.2) is 26.9 Å². The van der Waals surface area contributed by atoms with Crippen molar-refractivity contribution in [3.8, 4) is 0 Å². The van der Waals surface area contributed by atoms with E-state index in [0.29, 0.717) is 13.1 Å². The lowest BCUT2D eigenvalue weighted by molar-refractivity contribution is -0.132. The highest BCUT2D eigenvalue weighted by Gasteiger charge is 2.20. The first-order valence-electron chi connectivity index (χ1n) is 6.60. The van der Waals surface area contributed by atoms with E-state index in [1.807, 2.05) is 18.2 Å². The van der Waals surface area contributed by atoms with E-state index in [-0.39, 0.29) is 12.5 Å². The molecule has 1 aliphatic rings. The van der Waals surface area contributed by atoms with E-state index >= 15 is 0 Å². The van der Waals surface area contributed by atoms with Gasteiger partial charge in [-0.15, -0.1) is 0 Å². The Morgan fingerprint density at radius 1 is 1.20 bits per heavy atom. The number of carbonyl (C=O) groups is 1. The number of rotatable bonds is 2. The van der Waals surface area contributed by atoms with Crippen molar-refractivity contribution in [3.05, 3.63) is 64.3 Å². The summed E-state index contributed by atoms with van der Waals surface area (Å²) in [5.74, 6) is -0.0467. The number of hydrogen-bond donors (Lipinski definition) is 0. The van der Waals surface area contributed by atoms with Crippen LogP contribution in [0.3, 0.4) is 0 Å². The highest BCUT2D eigenvalue weighted by atomic mass is 16.2. The van der Waals surface area contributed by atoms with Gasteiger partial charge in [0.2, 0.25) is 5.91 Å². The Labute approximate surface area is 116 Å². The third-order valence-electron chi connectivity index (χ3n) is 3.57. The molecule has 102 valence electrons. The number of hydrogen-bond acceptors (Lipinski definition) is 3. The quantitative estimate of drug-likeness (QED) is 0.811. The SMILES string of the molecule is O=C(Cn1cccnc1=O)N1CCc2ccccc2C1. The van der Waals surface area contributed by atoms with Crippen molar-refractivity contribution in [1.29, 1.82) is 0 Å². The molecule has 1 aromatic carbocycles. The van der Waals surface area contributed by atoms with Crippen LogP contribution in [0, 0.1) is 0 Å². The van der Waals surface area contributed by atoms with Crippen molar-refractivity contribution < 1.29 is 4.79 Å². The van der Waals surface area contributed by atoms with E-state index in [2.05, 4.69) is 11.1 Å². The maximum atomic E-state index is 12.3. The fourth-order valence-corrected chi connectivity index (χ4v) is 2.46. The molecule has 1 aliphatic heterocycles. The largest absolute Gasteiger partial charge is 0.347 e. The zero-order valence-electron chi connectivity index (χ0n) is 11.0. The van der Waals surface area contributed by atoms with E-state index in [1.165, 1.54) is 21.9 Å². The van der Waals surface area contributed by atoms with E-state index in [9.17, 15) is 9.59 Å². The van der Waals surface area contributed by atoms with Gasteiger partial charge in [0.25, 0.3) is 0 Å². The van der Waals surface area contributed by atoms with Crippen LogP contribution in [0.2, 0.25) is 0 Å². The zero-order chi connectivity index (χ0) is 13.9. The van der Waals surface area contributed by atoms with Crippen molar-refractivity contribution in [1.82, 2.24) is 14.5 Å². The molecule has 3 rings (SSSR count). The lowest BCUT2D eigenvalue weighted by Gasteiger charge is -2.29. The van der Waals surface area contributed by atoms with Crippen molar-refractivity contribution in [3.63, 3.8) is 0 Å². The van der Waals surface area contributed by atoms with Gasteiger partial charge >= 0.3 is 5.69 Å². The maximum Gasteiger partial charge on any atom is 0.347 e. The fourth-order valence-electron chi connectivity index (χ4n) is 2.46. The van der Waals surface area contributed by atoms with Crippen LogP contribution in [0.15, 0.2) is 47.5 Å². The van der Waals surface area contributed by atoms with Gasteiger partial charge < -0.3 is 4.90 Å². The summed E-state index contributed by atoms with van der Waals surface area (Å²) in [5.41, 5.74) is 2.10. The maximum absolute atomic E-state index is 12.3. The normalized spacial score (nSPS) is 13.9. The smallest absolute Gasteiger partial charge is 0.336 e. The van der Waals surface area contributed by atoms with Crippen LogP contribution in [0.5, 0.6) is 0 Å². The Morgan fingerprint density at radius 3 is 2.80 bits per heavy atom. The third kappa shape index (κ3) is 2.47. The van der Waals surface area contributed by atoms with Crippen LogP contribution < -0.4 is 5.69 Å². The molecule has 0 unspecified atom stereocenters. The van der Waals surface area contributed by atoms with Crippen LogP contribution in [0.1, 0.15) is 11.1 Å². The Balaban J connectivity index is 1.74. The first-order valence-corrected chi connectivity index (χ1v) is 6.60. The van der Waals surface area contributed by atoms with E-state index in [0.717, 1.165) is 6.42 Å². The molecule has 1 aromatic heterocycles. The first kappa shape index (κ1) is 12.6. The summed E-state index contributed by atoms with van der Waals surface area (Å²) < 4.78 is 1.34. The van der Waals surface area contributed by atoms with Gasteiger partial charge in [0.1, 0.15) is 6.54 Å². The van der Waals surface area contributed by atoms with E-state index < -0.39 is 5.69 Å². The zero-order valence-corrected chi connectivity index (χ0v) is 11.0. The highest BCUT2D eigenvalue weighted by molar-refractivity contribution is 5.76. The number of nitrogens with zero attached hydrogens (tertiary/aromatic N) is 3. The molecule has 1 amide bonds. The molecule has 0 bridgehead atoms. The Hall–Kier alpha value is -2.43. The molecule has 5 heteroatoms. The van der Waals surface area contributed by atoms with Crippen LogP contribution in [-0.2, 0) is 24.3 Å². The summed E-state index contributed by atoms with van der Waals surface area (Å²) in [6.45, 7) is 1.36. The van der Waals surface area contributed by atoms with Gasteiger partial charge in [-0.1, -0.05) is 24.3 Å². The monoisotopic (exact) mass is 269 g/mol. The standard InChI is InChI=1S/C15H15N3O2/c19-14(11-18-8-3-7-16-15(18)20)17-9-6-12-4-1-2-5-13(12)10-17/h1-5,7-8H,6,9-11H2. The summed E-state index contributed by atoms with van der Waals surface area (Å²) in [5, 5.41) is 0. The van der Waals surface area contributed by atoms with Crippen LogP contribution in [0.4, 0.5) is 0 Å². The minimum Gasteiger partial charge on any atom is -0.336 e. The molecule has 0 spiro atoms. The van der Waals surface area contributed by atoms with Gasteiger partial charge in [0.05, 0.1) is 0 Å². The predicted octanol–water partition coefficient (Wildman–Crippen LogP) is 0.828. The number of fused-ring (bicyclic) bond motifs is 1. The van der Waals surface area contributed by atoms with E-state index in [4.69, 9.17) is 0 Å².